The zero-order valence-electron chi connectivity index (χ0n) is 19.6. The number of aromatic nitrogens is 3. The number of hydrogen-bond acceptors (Lipinski definition) is 5. The van der Waals surface area contributed by atoms with Crippen molar-refractivity contribution in [1.82, 2.24) is 18.9 Å². The zero-order chi connectivity index (χ0) is 24.6. The first kappa shape index (κ1) is 24.1. The number of aryl methyl sites for hydroxylation is 1. The number of halogens is 1. The Labute approximate surface area is 212 Å². The summed E-state index contributed by atoms with van der Waals surface area (Å²) in [5.41, 5.74) is 3.78. The fourth-order valence-corrected chi connectivity index (χ4v) is 6.31. The lowest BCUT2D eigenvalue weighted by molar-refractivity contribution is 0.282. The van der Waals surface area contributed by atoms with E-state index in [1.807, 2.05) is 31.2 Å². The Bertz CT molecular complexity index is 1410. The minimum Gasteiger partial charge on any atom is -0.370 e. The highest BCUT2D eigenvalue weighted by molar-refractivity contribution is 7.89. The molecule has 0 atom stereocenters. The van der Waals surface area contributed by atoms with Gasteiger partial charge in [0.15, 0.2) is 5.65 Å². The molecule has 2 aliphatic rings. The van der Waals surface area contributed by atoms with Crippen molar-refractivity contribution < 1.29 is 8.42 Å². The van der Waals surface area contributed by atoms with E-state index in [2.05, 4.69) is 16.5 Å². The van der Waals surface area contributed by atoms with Crippen LogP contribution in [0, 0.1) is 12.8 Å². The van der Waals surface area contributed by atoms with Gasteiger partial charge in [-0.2, -0.15) is 13.9 Å². The Morgan fingerprint density at radius 1 is 1.20 bits per heavy atom. The first-order valence-electron chi connectivity index (χ1n) is 11.8. The number of rotatable bonds is 6. The van der Waals surface area contributed by atoms with Crippen molar-refractivity contribution in [3.8, 4) is 0 Å². The second-order valence-electron chi connectivity index (χ2n) is 9.16. The van der Waals surface area contributed by atoms with Crippen LogP contribution in [0.1, 0.15) is 36.9 Å². The predicted molar refractivity (Wildman–Crippen MR) is 141 cm³/mol. The van der Waals surface area contributed by atoms with E-state index < -0.39 is 10.0 Å². The number of fused-ring (bicyclic) bond motifs is 1. The van der Waals surface area contributed by atoms with Crippen LogP contribution in [0.15, 0.2) is 58.6 Å². The molecule has 0 amide bonds. The van der Waals surface area contributed by atoms with E-state index in [-0.39, 0.29) is 0 Å². The standard InChI is InChI=1S/C25H27BClN5O2S/c1-17-6-8-19(9-7-17)35(33,34)31-12-10-18(11-13-31)15-28-24-14-23(20-4-2-3-5-22(20)27)30-25-21(26)16-29-32(24)25/h2,4,6-9,14,16,18,28H,3,5,10-13,15H2,1H3. The van der Waals surface area contributed by atoms with Crippen molar-refractivity contribution in [3.05, 3.63) is 65.0 Å². The third-order valence-electron chi connectivity index (χ3n) is 6.69. The second-order valence-corrected chi connectivity index (χ2v) is 11.6. The minimum absolute atomic E-state index is 0.330. The van der Waals surface area contributed by atoms with Crippen LogP contribution in [-0.2, 0) is 10.0 Å². The van der Waals surface area contributed by atoms with Gasteiger partial charge in [0.05, 0.1) is 10.6 Å². The average Bonchev–Trinajstić information content (AvgIpc) is 3.24. The molecule has 0 saturated carbocycles. The molecule has 2 aromatic heterocycles. The van der Waals surface area contributed by atoms with Crippen LogP contribution in [0.5, 0.6) is 0 Å². The molecule has 7 nitrogen and oxygen atoms in total. The SMILES string of the molecule is [B]c1cnn2c(NCC3CCN(S(=O)(=O)c4ccc(C)cc4)CC3)cc(C3=C(Cl)CCC=C3)nc12. The largest absolute Gasteiger partial charge is 0.370 e. The van der Waals surface area contributed by atoms with Gasteiger partial charge in [0.2, 0.25) is 10.0 Å². The number of allylic oxidation sites excluding steroid dienone is 4. The van der Waals surface area contributed by atoms with Gasteiger partial charge in [-0.1, -0.05) is 41.4 Å². The topological polar surface area (TPSA) is 79.6 Å². The molecule has 0 unspecified atom stereocenters. The number of sulfonamides is 1. The van der Waals surface area contributed by atoms with E-state index in [9.17, 15) is 8.42 Å². The monoisotopic (exact) mass is 507 g/mol. The fourth-order valence-electron chi connectivity index (χ4n) is 4.57. The van der Waals surface area contributed by atoms with Gasteiger partial charge in [-0.3, -0.25) is 0 Å². The van der Waals surface area contributed by atoms with Gasteiger partial charge in [0.1, 0.15) is 13.7 Å². The molecule has 1 saturated heterocycles. The van der Waals surface area contributed by atoms with Crippen molar-refractivity contribution in [2.45, 2.75) is 37.5 Å². The molecule has 10 heteroatoms. The molecule has 3 heterocycles. The zero-order valence-corrected chi connectivity index (χ0v) is 21.2. The van der Waals surface area contributed by atoms with Crippen molar-refractivity contribution in [3.63, 3.8) is 0 Å². The number of benzene rings is 1. The van der Waals surface area contributed by atoms with Gasteiger partial charge in [0, 0.05) is 42.5 Å². The molecule has 1 aliphatic carbocycles. The van der Waals surface area contributed by atoms with Gasteiger partial charge in [-0.15, -0.1) is 0 Å². The predicted octanol–water partition coefficient (Wildman–Crippen LogP) is 3.64. The van der Waals surface area contributed by atoms with Crippen molar-refractivity contribution in [2.75, 3.05) is 25.0 Å². The van der Waals surface area contributed by atoms with E-state index in [4.69, 9.17) is 24.4 Å². The number of anilines is 1. The number of nitrogens with zero attached hydrogens (tertiary/aromatic N) is 4. The van der Waals surface area contributed by atoms with Crippen molar-refractivity contribution in [1.29, 1.82) is 0 Å². The first-order chi connectivity index (χ1) is 16.8. The van der Waals surface area contributed by atoms with Crippen LogP contribution >= 0.6 is 11.6 Å². The van der Waals surface area contributed by atoms with Crippen LogP contribution < -0.4 is 10.8 Å². The molecule has 1 aromatic carbocycles. The lowest BCUT2D eigenvalue weighted by Gasteiger charge is -2.31. The molecule has 1 fully saturated rings. The summed E-state index contributed by atoms with van der Waals surface area (Å²) in [6.07, 6.45) is 8.97. The van der Waals surface area contributed by atoms with Gasteiger partial charge in [-0.25, -0.2) is 13.4 Å². The molecule has 1 N–H and O–H groups in total. The third-order valence-corrected chi connectivity index (χ3v) is 8.99. The van der Waals surface area contributed by atoms with Gasteiger partial charge < -0.3 is 5.32 Å². The van der Waals surface area contributed by atoms with Gasteiger partial charge >= 0.3 is 0 Å². The molecule has 35 heavy (non-hydrogen) atoms. The Morgan fingerprint density at radius 2 is 1.94 bits per heavy atom. The van der Waals surface area contributed by atoms with Gasteiger partial charge in [-0.05, 0) is 56.1 Å². The maximum atomic E-state index is 13.0. The number of nitrogens with one attached hydrogen (secondary N) is 1. The molecule has 1 aliphatic heterocycles. The fraction of sp³-hybridized carbons (Fsp3) is 0.360. The first-order valence-corrected chi connectivity index (χ1v) is 13.7. The molecule has 0 bridgehead atoms. The van der Waals surface area contributed by atoms with Crippen LogP contribution in [-0.4, -0.2) is 54.8 Å². The molecular formula is C25H27BClN5O2S. The molecule has 5 rings (SSSR count). The van der Waals surface area contributed by atoms with E-state index in [1.54, 1.807) is 27.2 Å². The summed E-state index contributed by atoms with van der Waals surface area (Å²) in [5.74, 6) is 1.11. The van der Waals surface area contributed by atoms with Crippen molar-refractivity contribution in [2.24, 2.45) is 5.92 Å². The lowest BCUT2D eigenvalue weighted by Crippen LogP contribution is -2.39. The van der Waals surface area contributed by atoms with Gasteiger partial charge in [0.25, 0.3) is 0 Å². The highest BCUT2D eigenvalue weighted by Gasteiger charge is 2.29. The Hall–Kier alpha value is -2.62. The summed E-state index contributed by atoms with van der Waals surface area (Å²) in [5, 5.41) is 8.67. The highest BCUT2D eigenvalue weighted by Crippen LogP contribution is 2.31. The van der Waals surface area contributed by atoms with E-state index in [1.165, 1.54) is 0 Å². The second kappa shape index (κ2) is 9.80. The summed E-state index contributed by atoms with van der Waals surface area (Å²) in [7, 11) is 2.66. The molecule has 2 radical (unpaired) electrons. The molecule has 0 spiro atoms. The third kappa shape index (κ3) is 4.90. The van der Waals surface area contributed by atoms with Crippen LogP contribution in [0.3, 0.4) is 0 Å². The van der Waals surface area contributed by atoms with Crippen LogP contribution in [0.2, 0.25) is 0 Å². The molecular weight excluding hydrogens is 481 g/mol. The summed E-state index contributed by atoms with van der Waals surface area (Å²) >= 11 is 6.50. The Balaban J connectivity index is 1.29. The molecule has 3 aromatic rings. The van der Waals surface area contributed by atoms with Crippen LogP contribution in [0.25, 0.3) is 11.2 Å². The summed E-state index contributed by atoms with van der Waals surface area (Å²) in [4.78, 5) is 5.06. The summed E-state index contributed by atoms with van der Waals surface area (Å²) < 4.78 is 29.3. The summed E-state index contributed by atoms with van der Waals surface area (Å²) in [6, 6.07) is 8.99. The minimum atomic E-state index is -3.47. The Kier molecular flexibility index (Phi) is 6.74. The normalized spacial score (nSPS) is 17.9. The smallest absolute Gasteiger partial charge is 0.243 e. The lowest BCUT2D eigenvalue weighted by atomic mass is 9.98. The van der Waals surface area contributed by atoms with E-state index >= 15 is 0 Å². The number of hydrogen-bond donors (Lipinski definition) is 1. The van der Waals surface area contributed by atoms with Crippen molar-refractivity contribution >= 4 is 52.0 Å². The quantitative estimate of drug-likeness (QED) is 0.515. The maximum absolute atomic E-state index is 13.0. The average molecular weight is 508 g/mol. The summed E-state index contributed by atoms with van der Waals surface area (Å²) in [6.45, 7) is 3.64. The maximum Gasteiger partial charge on any atom is 0.243 e. The Morgan fingerprint density at radius 3 is 2.66 bits per heavy atom. The van der Waals surface area contributed by atoms with E-state index in [0.717, 1.165) is 53.4 Å². The highest BCUT2D eigenvalue weighted by atomic mass is 35.5. The van der Waals surface area contributed by atoms with E-state index in [0.29, 0.717) is 41.6 Å². The molecule has 180 valence electrons. The van der Waals surface area contributed by atoms with Crippen LogP contribution in [0.4, 0.5) is 5.82 Å². The number of piperidine rings is 1.